The predicted octanol–water partition coefficient (Wildman–Crippen LogP) is 1.27. The van der Waals surface area contributed by atoms with Crippen molar-refractivity contribution in [3.05, 3.63) is 24.2 Å². The molecule has 98 valence electrons. The molecule has 0 spiro atoms. The van der Waals surface area contributed by atoms with Gasteiger partial charge in [-0.2, -0.15) is 0 Å². The maximum atomic E-state index is 12.0. The molecule has 6 nitrogen and oxygen atoms in total. The average molecular weight is 251 g/mol. The number of nitrogens with zero attached hydrogens (tertiary/aromatic N) is 2. The number of rotatable bonds is 2. The van der Waals surface area contributed by atoms with Crippen LogP contribution in [0.25, 0.3) is 0 Å². The number of nitrogens with two attached hydrogens (primary N) is 1. The van der Waals surface area contributed by atoms with Gasteiger partial charge in [-0.1, -0.05) is 12.1 Å². The molecule has 0 aliphatic carbocycles. The van der Waals surface area contributed by atoms with E-state index in [2.05, 4.69) is 5.16 Å². The van der Waals surface area contributed by atoms with Gasteiger partial charge in [-0.3, -0.25) is 4.79 Å². The normalized spacial score (nSPS) is 19.8. The highest BCUT2D eigenvalue weighted by Crippen LogP contribution is 2.31. The zero-order valence-electron chi connectivity index (χ0n) is 10.3. The summed E-state index contributed by atoms with van der Waals surface area (Å²) in [5.41, 5.74) is 5.34. The summed E-state index contributed by atoms with van der Waals surface area (Å²) >= 11 is 0. The molecule has 0 radical (unpaired) electrons. The predicted molar refractivity (Wildman–Crippen MR) is 65.4 cm³/mol. The first-order valence-electron chi connectivity index (χ1n) is 5.87. The Morgan fingerprint density at radius 3 is 2.72 bits per heavy atom. The molecule has 0 bridgehead atoms. The second kappa shape index (κ2) is 4.72. The van der Waals surface area contributed by atoms with Crippen LogP contribution in [0.5, 0.6) is 0 Å². The van der Waals surface area contributed by atoms with Gasteiger partial charge in [0.1, 0.15) is 5.84 Å². The van der Waals surface area contributed by atoms with E-state index in [0.29, 0.717) is 31.7 Å². The fourth-order valence-electron chi connectivity index (χ4n) is 2.14. The molecule has 0 unspecified atom stereocenters. The Morgan fingerprint density at radius 2 is 2.22 bits per heavy atom. The molecule has 1 amide bonds. The first-order chi connectivity index (χ1) is 8.57. The number of amides is 1. The van der Waals surface area contributed by atoms with E-state index in [0.717, 1.165) is 0 Å². The van der Waals surface area contributed by atoms with Gasteiger partial charge in [0.05, 0.1) is 6.26 Å². The van der Waals surface area contributed by atoms with Crippen LogP contribution >= 0.6 is 0 Å². The molecule has 1 saturated heterocycles. The number of piperidine rings is 1. The monoisotopic (exact) mass is 251 g/mol. The van der Waals surface area contributed by atoms with Crippen LogP contribution in [0.15, 0.2) is 28.0 Å². The number of hydrogen-bond acceptors (Lipinski definition) is 4. The smallest absolute Gasteiger partial charge is 0.289 e. The molecule has 1 aliphatic rings. The van der Waals surface area contributed by atoms with Gasteiger partial charge in [-0.25, -0.2) is 0 Å². The quantitative estimate of drug-likeness (QED) is 0.358. The number of carbonyl (C=O) groups excluding carboxylic acids is 1. The van der Waals surface area contributed by atoms with Crippen LogP contribution in [0.1, 0.15) is 30.3 Å². The molecule has 0 atom stereocenters. The van der Waals surface area contributed by atoms with Crippen LogP contribution < -0.4 is 5.73 Å². The first-order valence-corrected chi connectivity index (χ1v) is 5.87. The van der Waals surface area contributed by atoms with E-state index in [1.165, 1.54) is 6.26 Å². The van der Waals surface area contributed by atoms with Crippen molar-refractivity contribution in [3.8, 4) is 0 Å². The third-order valence-corrected chi connectivity index (χ3v) is 3.61. The number of furan rings is 1. The van der Waals surface area contributed by atoms with Crippen LogP contribution in [0.4, 0.5) is 0 Å². The minimum absolute atomic E-state index is 0.110. The minimum Gasteiger partial charge on any atom is -0.459 e. The van der Waals surface area contributed by atoms with Crippen LogP contribution in [0.2, 0.25) is 0 Å². The van der Waals surface area contributed by atoms with Gasteiger partial charge in [0.15, 0.2) is 5.76 Å². The standard InChI is InChI=1S/C12H17N3O3/c1-12(11(13)14-17)4-6-15(7-5-12)10(16)9-3-2-8-18-9/h2-3,8,17H,4-7H2,1H3,(H2,13,14). The minimum atomic E-state index is -0.339. The Balaban J connectivity index is 2.01. The summed E-state index contributed by atoms with van der Waals surface area (Å²) in [6.07, 6.45) is 2.84. The maximum Gasteiger partial charge on any atom is 0.289 e. The van der Waals surface area contributed by atoms with E-state index in [4.69, 9.17) is 15.4 Å². The van der Waals surface area contributed by atoms with E-state index in [1.807, 2.05) is 6.92 Å². The maximum absolute atomic E-state index is 12.0. The van der Waals surface area contributed by atoms with Crippen molar-refractivity contribution in [1.82, 2.24) is 4.90 Å². The summed E-state index contributed by atoms with van der Waals surface area (Å²) in [4.78, 5) is 13.8. The van der Waals surface area contributed by atoms with E-state index in [-0.39, 0.29) is 17.2 Å². The van der Waals surface area contributed by atoms with Crippen molar-refractivity contribution in [2.45, 2.75) is 19.8 Å². The molecule has 0 saturated carbocycles. The van der Waals surface area contributed by atoms with Crippen molar-refractivity contribution < 1.29 is 14.4 Å². The second-order valence-electron chi connectivity index (χ2n) is 4.82. The van der Waals surface area contributed by atoms with E-state index < -0.39 is 0 Å². The van der Waals surface area contributed by atoms with Gasteiger partial charge in [0, 0.05) is 18.5 Å². The summed E-state index contributed by atoms with van der Waals surface area (Å²) in [6.45, 7) is 3.09. The van der Waals surface area contributed by atoms with Crippen molar-refractivity contribution in [2.24, 2.45) is 16.3 Å². The summed E-state index contributed by atoms with van der Waals surface area (Å²) < 4.78 is 5.09. The fraction of sp³-hybridized carbons (Fsp3) is 0.500. The molecule has 18 heavy (non-hydrogen) atoms. The Hall–Kier alpha value is -1.98. The third-order valence-electron chi connectivity index (χ3n) is 3.61. The Bertz CT molecular complexity index is 445. The first kappa shape index (κ1) is 12.5. The second-order valence-corrected chi connectivity index (χ2v) is 4.82. The molecule has 2 heterocycles. The van der Waals surface area contributed by atoms with Crippen LogP contribution in [0.3, 0.4) is 0 Å². The summed E-state index contributed by atoms with van der Waals surface area (Å²) in [7, 11) is 0. The molecule has 1 aliphatic heterocycles. The highest BCUT2D eigenvalue weighted by Gasteiger charge is 2.36. The van der Waals surface area contributed by atoms with Crippen molar-refractivity contribution in [2.75, 3.05) is 13.1 Å². The number of likely N-dealkylation sites (tertiary alicyclic amines) is 1. The average Bonchev–Trinajstić information content (AvgIpc) is 2.91. The lowest BCUT2D eigenvalue weighted by Gasteiger charge is -2.38. The molecule has 1 aromatic heterocycles. The van der Waals surface area contributed by atoms with Crippen molar-refractivity contribution in [3.63, 3.8) is 0 Å². The highest BCUT2D eigenvalue weighted by atomic mass is 16.4. The Labute approximate surface area is 105 Å². The summed E-state index contributed by atoms with van der Waals surface area (Å²) in [5, 5.41) is 11.8. The lowest BCUT2D eigenvalue weighted by atomic mass is 9.79. The molecule has 3 N–H and O–H groups in total. The topological polar surface area (TPSA) is 92.1 Å². The molecule has 1 aromatic rings. The van der Waals surface area contributed by atoms with Crippen molar-refractivity contribution >= 4 is 11.7 Å². The van der Waals surface area contributed by atoms with Gasteiger partial charge in [0.2, 0.25) is 0 Å². The van der Waals surface area contributed by atoms with Gasteiger partial charge in [0.25, 0.3) is 5.91 Å². The molecular formula is C12H17N3O3. The lowest BCUT2D eigenvalue weighted by molar-refractivity contribution is 0.0634. The van der Waals surface area contributed by atoms with Gasteiger partial charge >= 0.3 is 0 Å². The SMILES string of the molecule is CC1(/C(N)=N/O)CCN(C(=O)c2ccco2)CC1. The van der Waals surface area contributed by atoms with E-state index in [1.54, 1.807) is 17.0 Å². The molecular weight excluding hydrogens is 234 g/mol. The fourth-order valence-corrected chi connectivity index (χ4v) is 2.14. The van der Waals surface area contributed by atoms with Crippen LogP contribution in [-0.4, -0.2) is 34.9 Å². The Morgan fingerprint density at radius 1 is 1.56 bits per heavy atom. The lowest BCUT2D eigenvalue weighted by Crippen LogP contribution is -2.47. The molecule has 2 rings (SSSR count). The van der Waals surface area contributed by atoms with Gasteiger partial charge in [-0.15, -0.1) is 0 Å². The molecule has 0 aromatic carbocycles. The number of carbonyl (C=O) groups is 1. The van der Waals surface area contributed by atoms with Gasteiger partial charge < -0.3 is 20.3 Å². The van der Waals surface area contributed by atoms with Gasteiger partial charge in [-0.05, 0) is 25.0 Å². The molecule has 1 fully saturated rings. The Kier molecular flexibility index (Phi) is 3.27. The number of amidine groups is 1. The van der Waals surface area contributed by atoms with Crippen LogP contribution in [0, 0.1) is 5.41 Å². The van der Waals surface area contributed by atoms with E-state index >= 15 is 0 Å². The van der Waals surface area contributed by atoms with E-state index in [9.17, 15) is 4.79 Å². The largest absolute Gasteiger partial charge is 0.459 e. The number of oxime groups is 1. The van der Waals surface area contributed by atoms with Crippen LogP contribution in [-0.2, 0) is 0 Å². The highest BCUT2D eigenvalue weighted by molar-refractivity contribution is 5.92. The van der Waals surface area contributed by atoms with Crippen molar-refractivity contribution in [1.29, 1.82) is 0 Å². The third kappa shape index (κ3) is 2.18. The zero-order chi connectivity index (χ0) is 13.2. The summed E-state index contributed by atoms with van der Waals surface area (Å²) in [6, 6.07) is 3.34. The summed E-state index contributed by atoms with van der Waals surface area (Å²) in [5.74, 6) is 0.469. The number of hydrogen-bond donors (Lipinski definition) is 2. The molecule has 6 heteroatoms. The zero-order valence-corrected chi connectivity index (χ0v) is 10.3.